The lowest BCUT2D eigenvalue weighted by Gasteiger charge is -2.32. The van der Waals surface area contributed by atoms with Gasteiger partial charge in [0.2, 0.25) is 0 Å². The van der Waals surface area contributed by atoms with Crippen LogP contribution in [0.5, 0.6) is 0 Å². The van der Waals surface area contributed by atoms with Crippen molar-refractivity contribution in [3.8, 4) is 0 Å². The molecule has 7 nitrogen and oxygen atoms in total. The molecule has 7 heteroatoms. The molecule has 2 fully saturated rings. The highest BCUT2D eigenvalue weighted by atomic mass is 16.3. The molecular formula is C21H22N4O3. The molecule has 3 heterocycles. The van der Waals surface area contributed by atoms with Crippen molar-refractivity contribution < 1.29 is 14.0 Å². The molecular weight excluding hydrogens is 356 g/mol. The largest absolute Gasteiger partial charge is 0.451 e. The Morgan fingerprint density at radius 1 is 1.29 bits per heavy atom. The van der Waals surface area contributed by atoms with Crippen molar-refractivity contribution in [2.75, 3.05) is 19.6 Å². The van der Waals surface area contributed by atoms with Crippen molar-refractivity contribution >= 4 is 22.8 Å². The van der Waals surface area contributed by atoms with Gasteiger partial charge in [0.1, 0.15) is 5.58 Å². The summed E-state index contributed by atoms with van der Waals surface area (Å²) in [7, 11) is 0. The van der Waals surface area contributed by atoms with E-state index in [9.17, 15) is 9.59 Å². The fraction of sp³-hybridized carbons (Fsp3) is 0.381. The third-order valence-corrected chi connectivity index (χ3v) is 6.26. The highest BCUT2D eigenvalue weighted by Gasteiger charge is 2.54. The predicted octanol–water partition coefficient (Wildman–Crippen LogP) is 2.83. The number of carbonyl (C=O) groups is 2. The predicted molar refractivity (Wildman–Crippen MR) is 103 cm³/mol. The van der Waals surface area contributed by atoms with E-state index in [-0.39, 0.29) is 17.2 Å². The maximum absolute atomic E-state index is 12.4. The second-order valence-electron chi connectivity index (χ2n) is 7.85. The summed E-state index contributed by atoms with van der Waals surface area (Å²) in [4.78, 5) is 33.6. The van der Waals surface area contributed by atoms with Crippen LogP contribution < -0.4 is 5.32 Å². The summed E-state index contributed by atoms with van der Waals surface area (Å²) in [5.74, 6) is 1.04. The monoisotopic (exact) mass is 378 g/mol. The maximum atomic E-state index is 12.4. The molecule has 1 spiro atoms. The van der Waals surface area contributed by atoms with E-state index in [1.807, 2.05) is 29.2 Å². The van der Waals surface area contributed by atoms with E-state index in [1.54, 1.807) is 18.5 Å². The smallest absolute Gasteiger partial charge is 0.289 e. The van der Waals surface area contributed by atoms with E-state index in [0.29, 0.717) is 24.0 Å². The lowest BCUT2D eigenvalue weighted by Crippen LogP contribution is -2.40. The van der Waals surface area contributed by atoms with Gasteiger partial charge in [-0.15, -0.1) is 0 Å². The number of nitrogens with zero attached hydrogens (tertiary/aromatic N) is 2. The maximum Gasteiger partial charge on any atom is 0.289 e. The third kappa shape index (κ3) is 2.96. The summed E-state index contributed by atoms with van der Waals surface area (Å²) in [6.07, 6.45) is 6.33. The van der Waals surface area contributed by atoms with E-state index in [4.69, 9.17) is 4.42 Å². The zero-order chi connectivity index (χ0) is 19.1. The number of imidazole rings is 1. The van der Waals surface area contributed by atoms with Gasteiger partial charge in [0.15, 0.2) is 11.6 Å². The lowest BCUT2D eigenvalue weighted by molar-refractivity contribution is 0.0657. The van der Waals surface area contributed by atoms with Gasteiger partial charge in [-0.05, 0) is 42.7 Å². The van der Waals surface area contributed by atoms with E-state index in [1.165, 1.54) is 0 Å². The molecule has 144 valence electrons. The van der Waals surface area contributed by atoms with Crippen molar-refractivity contribution in [3.63, 3.8) is 0 Å². The molecule has 1 unspecified atom stereocenters. The number of H-pyrrole nitrogens is 1. The first-order valence-corrected chi connectivity index (χ1v) is 9.70. The SMILES string of the molecule is O=C(NCC1CC12CCN(C(=O)c1ncc[nH]1)CC2)c1cc2ccccc2o1. The van der Waals surface area contributed by atoms with Gasteiger partial charge in [-0.3, -0.25) is 9.59 Å². The Labute approximate surface area is 162 Å². The van der Waals surface area contributed by atoms with Crippen LogP contribution in [0.1, 0.15) is 40.4 Å². The van der Waals surface area contributed by atoms with Crippen LogP contribution in [0.15, 0.2) is 47.1 Å². The molecule has 2 amide bonds. The Hall–Kier alpha value is -3.09. The standard InChI is InChI=1S/C21H22N4O3/c26-19(17-11-14-3-1-2-4-16(14)28-17)24-13-15-12-21(15)5-9-25(10-6-21)20(27)18-22-7-8-23-18/h1-4,7-8,11,15H,5-6,9-10,12-13H2,(H,22,23)(H,24,26). The van der Waals surface area contributed by atoms with E-state index >= 15 is 0 Å². The second-order valence-corrected chi connectivity index (χ2v) is 7.85. The van der Waals surface area contributed by atoms with Crippen LogP contribution in [0.4, 0.5) is 0 Å². The lowest BCUT2D eigenvalue weighted by atomic mass is 9.90. The topological polar surface area (TPSA) is 91.2 Å². The van der Waals surface area contributed by atoms with Crippen LogP contribution in [-0.4, -0.2) is 46.3 Å². The zero-order valence-corrected chi connectivity index (χ0v) is 15.5. The number of aromatic amines is 1. The van der Waals surface area contributed by atoms with Crippen LogP contribution in [0, 0.1) is 11.3 Å². The van der Waals surface area contributed by atoms with E-state index < -0.39 is 0 Å². The van der Waals surface area contributed by atoms with Gasteiger partial charge in [-0.25, -0.2) is 4.98 Å². The number of benzene rings is 1. The molecule has 1 saturated heterocycles. The summed E-state index contributed by atoms with van der Waals surface area (Å²) in [5.41, 5.74) is 0.991. The quantitative estimate of drug-likeness (QED) is 0.730. The molecule has 1 aromatic carbocycles. The fourth-order valence-electron chi connectivity index (χ4n) is 4.42. The minimum absolute atomic E-state index is 0.0322. The van der Waals surface area contributed by atoms with Crippen LogP contribution in [0.25, 0.3) is 11.0 Å². The van der Waals surface area contributed by atoms with Gasteiger partial charge >= 0.3 is 0 Å². The van der Waals surface area contributed by atoms with Gasteiger partial charge in [0.05, 0.1) is 0 Å². The van der Waals surface area contributed by atoms with Crippen LogP contribution in [0.3, 0.4) is 0 Å². The fourth-order valence-corrected chi connectivity index (χ4v) is 4.42. The average Bonchev–Trinajstić information content (AvgIpc) is 3.13. The van der Waals surface area contributed by atoms with Crippen molar-refractivity contribution in [2.45, 2.75) is 19.3 Å². The first-order valence-electron chi connectivity index (χ1n) is 9.70. The number of aromatic nitrogens is 2. The van der Waals surface area contributed by atoms with Crippen molar-refractivity contribution in [3.05, 3.63) is 54.3 Å². The molecule has 1 saturated carbocycles. The van der Waals surface area contributed by atoms with E-state index in [2.05, 4.69) is 15.3 Å². The minimum Gasteiger partial charge on any atom is -0.451 e. The summed E-state index contributed by atoms with van der Waals surface area (Å²) < 4.78 is 5.63. The van der Waals surface area contributed by atoms with Gasteiger partial charge in [0.25, 0.3) is 11.8 Å². The molecule has 0 radical (unpaired) electrons. The van der Waals surface area contributed by atoms with Crippen LogP contribution in [0.2, 0.25) is 0 Å². The molecule has 5 rings (SSSR count). The number of fused-ring (bicyclic) bond motifs is 1. The molecule has 1 aliphatic heterocycles. The highest BCUT2D eigenvalue weighted by Crippen LogP contribution is 2.59. The van der Waals surface area contributed by atoms with Crippen molar-refractivity contribution in [1.82, 2.24) is 20.2 Å². The Bertz CT molecular complexity index is 982. The first-order chi connectivity index (χ1) is 13.6. The third-order valence-electron chi connectivity index (χ3n) is 6.26. The Morgan fingerprint density at radius 3 is 2.86 bits per heavy atom. The van der Waals surface area contributed by atoms with Crippen molar-refractivity contribution in [2.24, 2.45) is 11.3 Å². The van der Waals surface area contributed by atoms with E-state index in [0.717, 1.165) is 43.3 Å². The molecule has 2 N–H and O–H groups in total. The normalized spacial score (nSPS) is 20.4. The molecule has 28 heavy (non-hydrogen) atoms. The summed E-state index contributed by atoms with van der Waals surface area (Å²) in [6.45, 7) is 2.14. The highest BCUT2D eigenvalue weighted by molar-refractivity contribution is 5.96. The van der Waals surface area contributed by atoms with Crippen LogP contribution in [-0.2, 0) is 0 Å². The Balaban J connectivity index is 1.14. The van der Waals surface area contributed by atoms with Gasteiger partial charge in [-0.2, -0.15) is 0 Å². The van der Waals surface area contributed by atoms with Gasteiger partial charge in [-0.1, -0.05) is 18.2 Å². The number of likely N-dealkylation sites (tertiary alicyclic amines) is 1. The summed E-state index contributed by atoms with van der Waals surface area (Å²) in [5, 5.41) is 3.96. The number of nitrogens with one attached hydrogen (secondary N) is 2. The molecule has 1 aliphatic carbocycles. The Kier molecular flexibility index (Phi) is 3.96. The number of para-hydroxylation sites is 1. The number of amides is 2. The number of furan rings is 1. The molecule has 1 atom stereocenters. The molecule has 0 bridgehead atoms. The second kappa shape index (κ2) is 6.51. The Morgan fingerprint density at radius 2 is 2.11 bits per heavy atom. The molecule has 2 aliphatic rings. The number of carbonyl (C=O) groups excluding carboxylic acids is 2. The number of hydrogen-bond acceptors (Lipinski definition) is 4. The average molecular weight is 378 g/mol. The number of rotatable bonds is 4. The summed E-state index contributed by atoms with van der Waals surface area (Å²) in [6, 6.07) is 9.40. The number of piperidine rings is 1. The van der Waals surface area contributed by atoms with Crippen molar-refractivity contribution in [1.29, 1.82) is 0 Å². The van der Waals surface area contributed by atoms with Gasteiger partial charge in [0, 0.05) is 37.4 Å². The summed E-state index contributed by atoms with van der Waals surface area (Å²) >= 11 is 0. The first kappa shape index (κ1) is 17.0. The molecule has 2 aromatic heterocycles. The minimum atomic E-state index is -0.163. The van der Waals surface area contributed by atoms with Crippen LogP contribution >= 0.6 is 0 Å². The number of hydrogen-bond donors (Lipinski definition) is 2. The van der Waals surface area contributed by atoms with Gasteiger partial charge < -0.3 is 19.6 Å². The zero-order valence-electron chi connectivity index (χ0n) is 15.5. The molecule has 3 aromatic rings.